The van der Waals surface area contributed by atoms with E-state index in [1.54, 1.807) is 6.07 Å². The van der Waals surface area contributed by atoms with Crippen LogP contribution in [0.1, 0.15) is 18.4 Å². The minimum atomic E-state index is -2.91. The predicted octanol–water partition coefficient (Wildman–Crippen LogP) is 0.752. The second-order valence-corrected chi connectivity index (χ2v) is 7.62. The maximum Gasteiger partial charge on any atom is 0.224 e. The Bertz CT molecular complexity index is 670. The molecule has 0 bridgehead atoms. The van der Waals surface area contributed by atoms with E-state index in [9.17, 15) is 13.2 Å². The van der Waals surface area contributed by atoms with Gasteiger partial charge >= 0.3 is 0 Å². The molecule has 1 saturated heterocycles. The lowest BCUT2D eigenvalue weighted by Gasteiger charge is -2.21. The fourth-order valence-corrected chi connectivity index (χ4v) is 4.37. The Hall–Kier alpha value is -1.76. The van der Waals surface area contributed by atoms with E-state index in [0.717, 1.165) is 16.9 Å². The molecule has 1 atom stereocenters. The van der Waals surface area contributed by atoms with E-state index < -0.39 is 9.84 Å². The van der Waals surface area contributed by atoms with Crippen LogP contribution in [0, 0.1) is 0 Å². The van der Waals surface area contributed by atoms with Gasteiger partial charge in [-0.2, -0.15) is 0 Å². The van der Waals surface area contributed by atoms with Crippen LogP contribution in [0.2, 0.25) is 0 Å². The first-order chi connectivity index (χ1) is 9.43. The van der Waals surface area contributed by atoms with Crippen LogP contribution in [-0.4, -0.2) is 31.9 Å². The Morgan fingerprint density at radius 2 is 2.10 bits per heavy atom. The summed E-state index contributed by atoms with van der Waals surface area (Å²) in [6.07, 6.45) is 1.75. The number of rotatable bonds is 2. The first kappa shape index (κ1) is 13.2. The average molecular weight is 295 g/mol. The second-order valence-electron chi connectivity index (χ2n) is 5.39. The predicted molar refractivity (Wildman–Crippen MR) is 78.5 cm³/mol. The van der Waals surface area contributed by atoms with Crippen molar-refractivity contribution in [1.82, 2.24) is 0 Å². The van der Waals surface area contributed by atoms with E-state index in [0.29, 0.717) is 24.9 Å². The average Bonchev–Trinajstić information content (AvgIpc) is 2.70. The van der Waals surface area contributed by atoms with Gasteiger partial charge in [-0.1, -0.05) is 0 Å². The van der Waals surface area contributed by atoms with Crippen molar-refractivity contribution in [3.63, 3.8) is 0 Å². The molecule has 2 aliphatic rings. The van der Waals surface area contributed by atoms with Gasteiger partial charge in [0.2, 0.25) is 5.91 Å². The Labute approximate surface area is 117 Å². The van der Waals surface area contributed by atoms with Crippen molar-refractivity contribution in [3.8, 4) is 0 Å². The molecule has 7 heteroatoms. The van der Waals surface area contributed by atoms with Gasteiger partial charge in [-0.25, -0.2) is 8.42 Å². The van der Waals surface area contributed by atoms with Crippen molar-refractivity contribution < 1.29 is 13.2 Å². The monoisotopic (exact) mass is 295 g/mol. The fourth-order valence-electron chi connectivity index (χ4n) is 2.70. The summed E-state index contributed by atoms with van der Waals surface area (Å²) in [6.45, 7) is 0. The van der Waals surface area contributed by atoms with E-state index in [2.05, 4.69) is 10.6 Å². The molecular formula is C13H17N3O3S. The van der Waals surface area contributed by atoms with Crippen LogP contribution in [0.4, 0.5) is 17.1 Å². The minimum absolute atomic E-state index is 0.000467. The number of fused-ring (bicyclic) bond motifs is 1. The van der Waals surface area contributed by atoms with Gasteiger partial charge in [0, 0.05) is 18.2 Å². The number of sulfone groups is 1. The number of carbonyl (C=O) groups is 1. The fraction of sp³-hybridized carbons (Fsp3) is 0.462. The van der Waals surface area contributed by atoms with Crippen molar-refractivity contribution in [1.29, 1.82) is 0 Å². The molecule has 0 spiro atoms. The van der Waals surface area contributed by atoms with Crippen LogP contribution in [-0.2, 0) is 21.1 Å². The summed E-state index contributed by atoms with van der Waals surface area (Å²) >= 11 is 0. The molecule has 0 aromatic heterocycles. The lowest BCUT2D eigenvalue weighted by Crippen LogP contribution is -2.23. The minimum Gasteiger partial charge on any atom is -0.397 e. The highest BCUT2D eigenvalue weighted by atomic mass is 32.2. The number of anilines is 3. The molecule has 20 heavy (non-hydrogen) atoms. The maximum absolute atomic E-state index is 11.5. The van der Waals surface area contributed by atoms with Crippen molar-refractivity contribution in [2.45, 2.75) is 25.3 Å². The van der Waals surface area contributed by atoms with Crippen LogP contribution in [0.15, 0.2) is 12.1 Å². The van der Waals surface area contributed by atoms with Gasteiger partial charge in [0.1, 0.15) is 0 Å². The van der Waals surface area contributed by atoms with E-state index in [4.69, 9.17) is 5.73 Å². The van der Waals surface area contributed by atoms with E-state index in [-0.39, 0.29) is 23.5 Å². The lowest BCUT2D eigenvalue weighted by atomic mass is 10.0. The number of nitrogens with one attached hydrogen (secondary N) is 2. The largest absolute Gasteiger partial charge is 0.397 e. The molecule has 108 valence electrons. The van der Waals surface area contributed by atoms with E-state index in [1.165, 1.54) is 0 Å². The molecule has 0 aliphatic carbocycles. The highest BCUT2D eigenvalue weighted by molar-refractivity contribution is 7.91. The van der Waals surface area contributed by atoms with Gasteiger partial charge in [0.15, 0.2) is 9.84 Å². The highest BCUT2D eigenvalue weighted by Gasteiger charge is 2.28. The SMILES string of the molecule is Nc1cc2c(cc1NC1CCS(=O)(=O)C1)CCC(=O)N2. The Morgan fingerprint density at radius 3 is 2.80 bits per heavy atom. The first-order valence-corrected chi connectivity index (χ1v) is 8.44. The van der Waals surface area contributed by atoms with Gasteiger partial charge in [-0.05, 0) is 30.5 Å². The third-order valence-electron chi connectivity index (χ3n) is 3.76. The second kappa shape index (κ2) is 4.66. The third kappa shape index (κ3) is 2.58. The van der Waals surface area contributed by atoms with E-state index >= 15 is 0 Å². The molecule has 4 N–H and O–H groups in total. The molecular weight excluding hydrogens is 278 g/mol. The third-order valence-corrected chi connectivity index (χ3v) is 5.53. The summed E-state index contributed by atoms with van der Waals surface area (Å²) in [5, 5.41) is 6.00. The van der Waals surface area contributed by atoms with Crippen LogP contribution >= 0.6 is 0 Å². The number of nitrogens with two attached hydrogens (primary N) is 1. The lowest BCUT2D eigenvalue weighted by molar-refractivity contribution is -0.116. The number of benzene rings is 1. The zero-order valence-electron chi connectivity index (χ0n) is 11.0. The van der Waals surface area contributed by atoms with Gasteiger partial charge in [-0.15, -0.1) is 0 Å². The number of amides is 1. The van der Waals surface area contributed by atoms with Crippen molar-refractivity contribution in [2.24, 2.45) is 0 Å². The highest BCUT2D eigenvalue weighted by Crippen LogP contribution is 2.32. The molecule has 1 aromatic carbocycles. The molecule has 0 saturated carbocycles. The van der Waals surface area contributed by atoms with Gasteiger partial charge in [0.05, 0.1) is 22.9 Å². The van der Waals surface area contributed by atoms with E-state index in [1.807, 2.05) is 6.07 Å². The molecule has 3 rings (SSSR count). The number of nitrogen functional groups attached to an aromatic ring is 1. The van der Waals surface area contributed by atoms with Crippen LogP contribution in [0.5, 0.6) is 0 Å². The Balaban J connectivity index is 1.82. The number of aryl methyl sites for hydroxylation is 1. The molecule has 1 unspecified atom stereocenters. The Kier molecular flexibility index (Phi) is 3.08. The van der Waals surface area contributed by atoms with Crippen molar-refractivity contribution in [3.05, 3.63) is 17.7 Å². The molecule has 0 radical (unpaired) electrons. The first-order valence-electron chi connectivity index (χ1n) is 6.62. The summed E-state index contributed by atoms with van der Waals surface area (Å²) < 4.78 is 22.9. The van der Waals surface area contributed by atoms with Crippen LogP contribution < -0.4 is 16.4 Å². The normalized spacial score (nSPS) is 24.0. The molecule has 2 aliphatic heterocycles. The summed E-state index contributed by atoms with van der Waals surface area (Å²) in [7, 11) is -2.91. The van der Waals surface area contributed by atoms with Crippen molar-refractivity contribution >= 4 is 32.8 Å². The number of hydrogen-bond donors (Lipinski definition) is 3. The quantitative estimate of drug-likeness (QED) is 0.699. The van der Waals surface area contributed by atoms with Gasteiger partial charge < -0.3 is 16.4 Å². The summed E-state index contributed by atoms with van der Waals surface area (Å²) in [6, 6.07) is 3.56. The molecule has 6 nitrogen and oxygen atoms in total. The molecule has 2 heterocycles. The van der Waals surface area contributed by atoms with Gasteiger partial charge in [-0.3, -0.25) is 4.79 Å². The zero-order valence-corrected chi connectivity index (χ0v) is 11.8. The van der Waals surface area contributed by atoms with Gasteiger partial charge in [0.25, 0.3) is 0 Å². The molecule has 1 amide bonds. The van der Waals surface area contributed by atoms with Crippen LogP contribution in [0.3, 0.4) is 0 Å². The maximum atomic E-state index is 11.5. The smallest absolute Gasteiger partial charge is 0.224 e. The zero-order chi connectivity index (χ0) is 14.3. The molecule has 1 fully saturated rings. The standard InChI is InChI=1S/C13H17N3O3S/c14-10-6-11-8(1-2-13(17)16-11)5-12(10)15-9-3-4-20(18,19)7-9/h5-6,9,15H,1-4,7,14H2,(H,16,17). The Morgan fingerprint density at radius 1 is 1.30 bits per heavy atom. The number of carbonyl (C=O) groups excluding carboxylic acids is 1. The topological polar surface area (TPSA) is 101 Å². The summed E-state index contributed by atoms with van der Waals surface area (Å²) in [5.74, 6) is 0.380. The summed E-state index contributed by atoms with van der Waals surface area (Å²) in [4.78, 5) is 11.3. The van der Waals surface area contributed by atoms with Crippen molar-refractivity contribution in [2.75, 3.05) is 27.9 Å². The number of hydrogen-bond acceptors (Lipinski definition) is 5. The van der Waals surface area contributed by atoms with Crippen LogP contribution in [0.25, 0.3) is 0 Å². The molecule has 1 aromatic rings. The summed E-state index contributed by atoms with van der Waals surface area (Å²) in [5.41, 5.74) is 9.03.